The molecule has 0 bridgehead atoms. The number of halogens is 1. The Balaban J connectivity index is 1.61. The molecule has 1 amide bonds. The van der Waals surface area contributed by atoms with Gasteiger partial charge in [0.25, 0.3) is 11.5 Å². The number of carbonyl (C=O) groups excluding carboxylic acids is 1. The first-order valence-corrected chi connectivity index (χ1v) is 10.7. The molecule has 188 valence electrons. The minimum Gasteiger partial charge on any atom is -0.493 e. The van der Waals surface area contributed by atoms with E-state index in [-0.39, 0.29) is 18.0 Å². The number of fused-ring (bicyclic) bond motifs is 1. The number of ether oxygens (including phenoxy) is 3. The number of carbonyl (C=O) groups is 1. The third-order valence-corrected chi connectivity index (χ3v) is 5.29. The molecule has 2 aromatic carbocycles. The fourth-order valence-electron chi connectivity index (χ4n) is 3.50. The number of hydrogen-bond acceptors (Lipinski definition) is 8. The number of nitrogens with zero attached hydrogens (tertiary/aromatic N) is 4. The largest absolute Gasteiger partial charge is 0.493 e. The van der Waals surface area contributed by atoms with E-state index in [1.165, 1.54) is 39.6 Å². The summed E-state index contributed by atoms with van der Waals surface area (Å²) in [5, 5.41) is 6.65. The van der Waals surface area contributed by atoms with Gasteiger partial charge < -0.3 is 19.5 Å². The highest BCUT2D eigenvalue weighted by molar-refractivity contribution is 6.02. The number of rotatable bonds is 7. The monoisotopic (exact) mass is 505 g/mol. The number of nitrogens with one attached hydrogen (secondary N) is 1. The summed E-state index contributed by atoms with van der Waals surface area (Å²) in [4.78, 5) is 41.5. The lowest BCUT2D eigenvalue weighted by atomic mass is 10.2. The molecule has 2 aromatic heterocycles. The van der Waals surface area contributed by atoms with Crippen molar-refractivity contribution in [1.82, 2.24) is 19.3 Å². The van der Waals surface area contributed by atoms with E-state index in [1.807, 2.05) is 0 Å². The van der Waals surface area contributed by atoms with Gasteiger partial charge >= 0.3 is 5.69 Å². The van der Waals surface area contributed by atoms with Crippen LogP contribution in [0.3, 0.4) is 0 Å². The van der Waals surface area contributed by atoms with Gasteiger partial charge in [0.1, 0.15) is 5.75 Å². The van der Waals surface area contributed by atoms with Gasteiger partial charge in [-0.15, -0.1) is 6.42 Å². The predicted molar refractivity (Wildman–Crippen MR) is 132 cm³/mol. The minimum absolute atomic E-state index is 0.0272. The Labute approximate surface area is 209 Å². The van der Waals surface area contributed by atoms with Crippen LogP contribution >= 0.6 is 0 Å². The summed E-state index contributed by atoms with van der Waals surface area (Å²) in [6, 6.07) is 8.60. The zero-order valence-corrected chi connectivity index (χ0v) is 19.9. The highest BCUT2D eigenvalue weighted by Gasteiger charge is 2.19. The summed E-state index contributed by atoms with van der Waals surface area (Å²) in [6.07, 6.45) is 6.70. The Hall–Kier alpha value is -5.18. The molecule has 0 saturated heterocycles. The van der Waals surface area contributed by atoms with Crippen LogP contribution in [0.2, 0.25) is 0 Å². The minimum atomic E-state index is -0.962. The zero-order chi connectivity index (χ0) is 26.7. The van der Waals surface area contributed by atoms with Crippen LogP contribution < -0.4 is 30.8 Å². The summed E-state index contributed by atoms with van der Waals surface area (Å²) in [5.74, 6) is 1.54. The Morgan fingerprint density at radius 3 is 2.49 bits per heavy atom. The second-order valence-corrected chi connectivity index (χ2v) is 7.59. The van der Waals surface area contributed by atoms with Crippen LogP contribution in [-0.4, -0.2) is 39.5 Å². The summed E-state index contributed by atoms with van der Waals surface area (Å²) in [7, 11) is 4.26. The summed E-state index contributed by atoms with van der Waals surface area (Å²) < 4.78 is 32.8. The van der Waals surface area contributed by atoms with Crippen molar-refractivity contribution >= 4 is 22.5 Å². The molecule has 2 heterocycles. The van der Waals surface area contributed by atoms with E-state index in [2.05, 4.69) is 21.3 Å². The van der Waals surface area contributed by atoms with E-state index in [9.17, 15) is 18.8 Å². The molecule has 1 N–H and O–H groups in total. The SMILES string of the molecule is C#CCn1c(=O)c(C(=O)Nc2ccc(Oc3ccnc4cc(OC)c(OC)cc34)c(F)c2)nn(C)c1=O. The topological polar surface area (TPSA) is 127 Å². The van der Waals surface area contributed by atoms with E-state index in [4.69, 9.17) is 20.6 Å². The molecule has 12 heteroatoms. The van der Waals surface area contributed by atoms with Gasteiger partial charge in [-0.05, 0) is 24.3 Å². The van der Waals surface area contributed by atoms with E-state index < -0.39 is 28.7 Å². The molecular formula is C25H20FN5O6. The number of terminal acetylenes is 1. The van der Waals surface area contributed by atoms with Gasteiger partial charge in [-0.25, -0.2) is 18.4 Å². The van der Waals surface area contributed by atoms with Gasteiger partial charge in [0.2, 0.25) is 5.69 Å². The second kappa shape index (κ2) is 10.2. The van der Waals surface area contributed by atoms with E-state index >= 15 is 0 Å². The van der Waals surface area contributed by atoms with Crippen LogP contribution in [0.1, 0.15) is 10.5 Å². The summed E-state index contributed by atoms with van der Waals surface area (Å²) in [6.45, 7) is -0.336. The molecule has 11 nitrogen and oxygen atoms in total. The molecule has 4 aromatic rings. The standard InChI is InChI=1S/C25H20FN5O6/c1-5-10-31-24(33)22(29-30(2)25(31)34)23(32)28-14-6-7-19(16(26)11-14)37-18-8-9-27-17-13-21(36-4)20(35-3)12-15(17)18/h1,6-9,11-13H,10H2,2-4H3,(H,28,32). The third-order valence-electron chi connectivity index (χ3n) is 5.29. The maximum Gasteiger partial charge on any atom is 0.348 e. The van der Waals surface area contributed by atoms with E-state index in [0.717, 1.165) is 10.7 Å². The van der Waals surface area contributed by atoms with Crippen LogP contribution in [0.15, 0.2) is 52.2 Å². The van der Waals surface area contributed by atoms with Crippen molar-refractivity contribution in [3.8, 4) is 35.3 Å². The van der Waals surface area contributed by atoms with Gasteiger partial charge in [-0.2, -0.15) is 5.10 Å². The van der Waals surface area contributed by atoms with Crippen molar-refractivity contribution in [2.24, 2.45) is 7.05 Å². The van der Waals surface area contributed by atoms with Crippen LogP contribution in [0.25, 0.3) is 10.9 Å². The molecule has 0 unspecified atom stereocenters. The molecule has 0 aliphatic carbocycles. The number of aromatic nitrogens is 4. The highest BCUT2D eigenvalue weighted by atomic mass is 19.1. The molecule has 0 spiro atoms. The smallest absolute Gasteiger partial charge is 0.348 e. The first-order chi connectivity index (χ1) is 17.8. The van der Waals surface area contributed by atoms with Gasteiger partial charge in [-0.3, -0.25) is 14.6 Å². The summed E-state index contributed by atoms with van der Waals surface area (Å²) in [5.41, 5.74) is -1.74. The second-order valence-electron chi connectivity index (χ2n) is 7.59. The fourth-order valence-corrected chi connectivity index (χ4v) is 3.50. The van der Waals surface area contributed by atoms with Crippen LogP contribution in [-0.2, 0) is 13.6 Å². The Morgan fingerprint density at radius 1 is 1.08 bits per heavy atom. The number of aryl methyl sites for hydroxylation is 1. The Kier molecular flexibility index (Phi) is 6.88. The molecule has 0 saturated carbocycles. The lowest BCUT2D eigenvalue weighted by molar-refractivity contribution is 0.101. The van der Waals surface area contributed by atoms with Crippen molar-refractivity contribution < 1.29 is 23.4 Å². The van der Waals surface area contributed by atoms with E-state index in [1.54, 1.807) is 18.2 Å². The Morgan fingerprint density at radius 2 is 1.81 bits per heavy atom. The molecule has 37 heavy (non-hydrogen) atoms. The van der Waals surface area contributed by atoms with Crippen molar-refractivity contribution in [3.63, 3.8) is 0 Å². The van der Waals surface area contributed by atoms with Crippen molar-refractivity contribution in [2.45, 2.75) is 6.54 Å². The molecule has 0 fully saturated rings. The number of anilines is 1. The normalized spacial score (nSPS) is 10.6. The van der Waals surface area contributed by atoms with Crippen LogP contribution in [0.5, 0.6) is 23.0 Å². The molecule has 4 rings (SSSR count). The van der Waals surface area contributed by atoms with Gasteiger partial charge in [0.15, 0.2) is 23.1 Å². The highest BCUT2D eigenvalue weighted by Crippen LogP contribution is 2.37. The molecule has 0 aliphatic rings. The molecular weight excluding hydrogens is 485 g/mol. The Bertz CT molecular complexity index is 1690. The quantitative estimate of drug-likeness (QED) is 0.379. The number of benzene rings is 2. The van der Waals surface area contributed by atoms with Crippen molar-refractivity contribution in [3.05, 3.63) is 74.9 Å². The summed E-state index contributed by atoms with van der Waals surface area (Å²) >= 11 is 0. The lowest BCUT2D eigenvalue weighted by Crippen LogP contribution is -2.44. The van der Waals surface area contributed by atoms with Crippen molar-refractivity contribution in [1.29, 1.82) is 0 Å². The first kappa shape index (κ1) is 24.9. The number of pyridine rings is 1. The molecule has 0 radical (unpaired) electrons. The molecule has 0 aliphatic heterocycles. The number of methoxy groups -OCH3 is 2. The van der Waals surface area contributed by atoms with Gasteiger partial charge in [0, 0.05) is 36.5 Å². The van der Waals surface area contributed by atoms with Gasteiger partial charge in [0.05, 0.1) is 26.3 Å². The van der Waals surface area contributed by atoms with Crippen LogP contribution in [0, 0.1) is 18.2 Å². The maximum absolute atomic E-state index is 14.9. The van der Waals surface area contributed by atoms with Gasteiger partial charge in [-0.1, -0.05) is 5.92 Å². The average Bonchev–Trinajstić information content (AvgIpc) is 2.89. The zero-order valence-electron chi connectivity index (χ0n) is 19.9. The lowest BCUT2D eigenvalue weighted by Gasteiger charge is -2.13. The average molecular weight is 505 g/mol. The van der Waals surface area contributed by atoms with E-state index in [0.29, 0.717) is 32.7 Å². The number of hydrogen-bond donors (Lipinski definition) is 1. The molecule has 0 atom stereocenters. The first-order valence-electron chi connectivity index (χ1n) is 10.7. The third kappa shape index (κ3) is 4.83. The predicted octanol–water partition coefficient (Wildman–Crippen LogP) is 2.32. The number of amides is 1. The fraction of sp³-hybridized carbons (Fsp3) is 0.160. The van der Waals surface area contributed by atoms with Crippen molar-refractivity contribution in [2.75, 3.05) is 19.5 Å². The van der Waals surface area contributed by atoms with Crippen LogP contribution in [0.4, 0.5) is 10.1 Å². The maximum atomic E-state index is 14.9.